The molecule has 0 radical (unpaired) electrons. The van der Waals surface area contributed by atoms with Gasteiger partial charge in [0.25, 0.3) is 0 Å². The molecule has 0 amide bonds. The molecule has 0 unspecified atom stereocenters. The molecule has 0 aliphatic rings. The number of rotatable bonds is 3. The second kappa shape index (κ2) is 4.99. The van der Waals surface area contributed by atoms with Crippen molar-refractivity contribution in [3.63, 3.8) is 0 Å². The Morgan fingerprint density at radius 3 is 2.56 bits per heavy atom. The molecule has 0 bridgehead atoms. The van der Waals surface area contributed by atoms with E-state index < -0.39 is 10.0 Å². The molecule has 0 spiro atoms. The van der Waals surface area contributed by atoms with Crippen LogP contribution in [-0.2, 0) is 16.4 Å². The van der Waals surface area contributed by atoms with Crippen LogP contribution in [0.2, 0.25) is 5.02 Å². The summed E-state index contributed by atoms with van der Waals surface area (Å²) in [4.78, 5) is 0.134. The van der Waals surface area contributed by atoms with Crippen LogP contribution in [0.3, 0.4) is 0 Å². The average Bonchev–Trinajstić information content (AvgIpc) is 2.12. The Bertz CT molecular complexity index is 517. The van der Waals surface area contributed by atoms with Crippen molar-refractivity contribution in [1.82, 2.24) is 0 Å². The quantitative estimate of drug-likeness (QED) is 0.848. The van der Waals surface area contributed by atoms with Crippen molar-refractivity contribution in [3.05, 3.63) is 40.4 Å². The highest BCUT2D eigenvalue weighted by atomic mass is 35.5. The first-order chi connectivity index (χ1) is 7.30. The number of benzene rings is 1. The van der Waals surface area contributed by atoms with Gasteiger partial charge in [0, 0.05) is 5.02 Å². The molecule has 3 nitrogen and oxygen atoms in total. The molecule has 0 heterocycles. The van der Waals surface area contributed by atoms with Gasteiger partial charge < -0.3 is 0 Å². The number of primary sulfonamides is 1. The first-order valence-electron chi connectivity index (χ1n) is 4.75. The summed E-state index contributed by atoms with van der Waals surface area (Å²) < 4.78 is 22.6. The maximum Gasteiger partial charge on any atom is 0.238 e. The van der Waals surface area contributed by atoms with Gasteiger partial charge in [-0.1, -0.05) is 23.3 Å². The summed E-state index contributed by atoms with van der Waals surface area (Å²) in [6, 6.07) is 4.58. The Labute approximate surface area is 101 Å². The Morgan fingerprint density at radius 1 is 1.44 bits per heavy atom. The van der Waals surface area contributed by atoms with Crippen molar-refractivity contribution in [2.45, 2.75) is 25.2 Å². The van der Waals surface area contributed by atoms with Crippen LogP contribution >= 0.6 is 11.6 Å². The Morgan fingerprint density at radius 2 is 2.06 bits per heavy atom. The summed E-state index contributed by atoms with van der Waals surface area (Å²) in [7, 11) is -3.69. The van der Waals surface area contributed by atoms with Gasteiger partial charge >= 0.3 is 0 Å². The minimum absolute atomic E-state index is 0.134. The van der Waals surface area contributed by atoms with Crippen molar-refractivity contribution in [2.75, 3.05) is 0 Å². The summed E-state index contributed by atoms with van der Waals surface area (Å²) >= 11 is 5.83. The monoisotopic (exact) mass is 259 g/mol. The van der Waals surface area contributed by atoms with Gasteiger partial charge in [-0.3, -0.25) is 0 Å². The molecule has 0 fully saturated rings. The molecule has 1 rings (SSSR count). The van der Waals surface area contributed by atoms with Gasteiger partial charge in [0.15, 0.2) is 0 Å². The van der Waals surface area contributed by atoms with Gasteiger partial charge in [-0.2, -0.15) is 0 Å². The lowest BCUT2D eigenvalue weighted by molar-refractivity contribution is 0.597. The third kappa shape index (κ3) is 3.63. The van der Waals surface area contributed by atoms with Crippen LogP contribution in [0, 0.1) is 0 Å². The molecular weight excluding hydrogens is 246 g/mol. The number of sulfonamides is 1. The molecule has 0 atom stereocenters. The van der Waals surface area contributed by atoms with Crippen molar-refractivity contribution in [2.24, 2.45) is 5.14 Å². The second-order valence-electron chi connectivity index (χ2n) is 3.78. The number of halogens is 1. The molecule has 0 saturated carbocycles. The zero-order chi connectivity index (χ0) is 12.3. The molecule has 2 N–H and O–H groups in total. The largest absolute Gasteiger partial charge is 0.238 e. The summed E-state index contributed by atoms with van der Waals surface area (Å²) in [6.45, 7) is 3.89. The van der Waals surface area contributed by atoms with E-state index in [1.807, 2.05) is 19.9 Å². The Hall–Kier alpha value is -0.840. The zero-order valence-corrected chi connectivity index (χ0v) is 10.8. The standard InChI is InChI=1S/C11H14ClNO2S/c1-8(2)3-4-9-7-10(12)5-6-11(9)16(13,14)15/h3,5-7H,4H2,1-2H3,(H2,13,14,15). The fourth-order valence-electron chi connectivity index (χ4n) is 1.30. The van der Waals surface area contributed by atoms with Gasteiger partial charge in [0.05, 0.1) is 4.90 Å². The lowest BCUT2D eigenvalue weighted by atomic mass is 10.1. The number of nitrogens with two attached hydrogens (primary N) is 1. The summed E-state index contributed by atoms with van der Waals surface area (Å²) in [5.41, 5.74) is 1.73. The number of allylic oxidation sites excluding steroid dienone is 2. The second-order valence-corrected chi connectivity index (χ2v) is 5.75. The van der Waals surface area contributed by atoms with Gasteiger partial charge in [0.1, 0.15) is 0 Å². The molecule has 0 aromatic heterocycles. The minimum Gasteiger partial charge on any atom is -0.225 e. The van der Waals surface area contributed by atoms with Crippen molar-refractivity contribution < 1.29 is 8.42 Å². The van der Waals surface area contributed by atoms with Crippen molar-refractivity contribution in [3.8, 4) is 0 Å². The van der Waals surface area contributed by atoms with E-state index >= 15 is 0 Å². The zero-order valence-electron chi connectivity index (χ0n) is 9.20. The maximum atomic E-state index is 11.3. The fourth-order valence-corrected chi connectivity index (χ4v) is 2.26. The highest BCUT2D eigenvalue weighted by Gasteiger charge is 2.13. The molecule has 0 saturated heterocycles. The molecule has 0 aliphatic carbocycles. The van der Waals surface area contributed by atoms with E-state index in [9.17, 15) is 8.42 Å². The Balaban J connectivity index is 3.24. The molecule has 0 aliphatic heterocycles. The van der Waals surface area contributed by atoms with Gasteiger partial charge in [-0.25, -0.2) is 13.6 Å². The van der Waals surface area contributed by atoms with Crippen LogP contribution in [-0.4, -0.2) is 8.42 Å². The molecule has 16 heavy (non-hydrogen) atoms. The molecular formula is C11H14ClNO2S. The Kier molecular flexibility index (Phi) is 4.13. The fraction of sp³-hybridized carbons (Fsp3) is 0.273. The van der Waals surface area contributed by atoms with E-state index in [-0.39, 0.29) is 4.90 Å². The summed E-state index contributed by atoms with van der Waals surface area (Å²) in [6.07, 6.45) is 2.44. The third-order valence-electron chi connectivity index (χ3n) is 2.06. The third-order valence-corrected chi connectivity index (χ3v) is 3.31. The van der Waals surface area contributed by atoms with Crippen LogP contribution in [0.5, 0.6) is 0 Å². The van der Waals surface area contributed by atoms with Crippen molar-refractivity contribution >= 4 is 21.6 Å². The highest BCUT2D eigenvalue weighted by Crippen LogP contribution is 2.20. The molecule has 1 aromatic carbocycles. The lowest BCUT2D eigenvalue weighted by Crippen LogP contribution is -2.14. The topological polar surface area (TPSA) is 60.2 Å². The molecule has 5 heteroatoms. The van der Waals surface area contributed by atoms with Crippen LogP contribution in [0.15, 0.2) is 34.7 Å². The van der Waals surface area contributed by atoms with E-state index in [0.29, 0.717) is 17.0 Å². The SMILES string of the molecule is CC(C)=CCc1cc(Cl)ccc1S(N)(=O)=O. The number of hydrogen-bond acceptors (Lipinski definition) is 2. The van der Waals surface area contributed by atoms with E-state index in [0.717, 1.165) is 5.57 Å². The van der Waals surface area contributed by atoms with Crippen LogP contribution in [0.4, 0.5) is 0 Å². The smallest absolute Gasteiger partial charge is 0.225 e. The maximum absolute atomic E-state index is 11.3. The number of hydrogen-bond donors (Lipinski definition) is 1. The van der Waals surface area contributed by atoms with Crippen LogP contribution in [0.1, 0.15) is 19.4 Å². The van der Waals surface area contributed by atoms with Gasteiger partial charge in [-0.05, 0) is 44.0 Å². The van der Waals surface area contributed by atoms with E-state index in [4.69, 9.17) is 16.7 Å². The lowest BCUT2D eigenvalue weighted by Gasteiger charge is -2.06. The minimum atomic E-state index is -3.69. The predicted octanol–water partition coefficient (Wildman–Crippen LogP) is 2.50. The predicted molar refractivity (Wildman–Crippen MR) is 66.0 cm³/mol. The average molecular weight is 260 g/mol. The normalized spacial score (nSPS) is 11.2. The van der Waals surface area contributed by atoms with E-state index in [1.54, 1.807) is 6.07 Å². The molecule has 88 valence electrons. The molecule has 1 aromatic rings. The summed E-state index contributed by atoms with van der Waals surface area (Å²) in [5.74, 6) is 0. The highest BCUT2D eigenvalue weighted by molar-refractivity contribution is 7.89. The first-order valence-corrected chi connectivity index (χ1v) is 6.67. The first kappa shape index (κ1) is 13.2. The van der Waals surface area contributed by atoms with Crippen LogP contribution in [0.25, 0.3) is 0 Å². The van der Waals surface area contributed by atoms with Crippen molar-refractivity contribution in [1.29, 1.82) is 0 Å². The summed E-state index contributed by atoms with van der Waals surface area (Å²) in [5, 5.41) is 5.63. The van der Waals surface area contributed by atoms with E-state index in [1.165, 1.54) is 12.1 Å². The van der Waals surface area contributed by atoms with E-state index in [2.05, 4.69) is 0 Å². The van der Waals surface area contributed by atoms with Crippen LogP contribution < -0.4 is 5.14 Å². The van der Waals surface area contributed by atoms with Gasteiger partial charge in [0.2, 0.25) is 10.0 Å². The van der Waals surface area contributed by atoms with Gasteiger partial charge in [-0.15, -0.1) is 0 Å².